The lowest BCUT2D eigenvalue weighted by Crippen LogP contribution is -2.21. The first-order valence-electron chi connectivity index (χ1n) is 4.98. The first-order chi connectivity index (χ1) is 5.99. The molecule has 0 aliphatic carbocycles. The lowest BCUT2D eigenvalue weighted by Gasteiger charge is -2.18. The number of rotatable bonds is 4. The van der Waals surface area contributed by atoms with Crippen LogP contribution in [-0.4, -0.2) is 11.2 Å². The Balaban J connectivity index is 4.14. The number of aliphatic hydroxyl groups excluding tert-OH is 1. The Morgan fingerprint density at radius 1 is 1.23 bits per heavy atom. The third-order valence-corrected chi connectivity index (χ3v) is 2.34. The topological polar surface area (TPSA) is 20.2 Å². The number of hydrogen-bond acceptors (Lipinski definition) is 1. The van der Waals surface area contributed by atoms with Crippen molar-refractivity contribution in [3.05, 3.63) is 23.8 Å². The molecule has 0 rings (SSSR count). The van der Waals surface area contributed by atoms with E-state index in [0.29, 0.717) is 5.92 Å². The smallest absolute Gasteiger partial charge is 0.0623 e. The fourth-order valence-corrected chi connectivity index (χ4v) is 1.12. The van der Waals surface area contributed by atoms with Crippen molar-refractivity contribution in [2.75, 3.05) is 0 Å². The molecular weight excluding hydrogens is 160 g/mol. The van der Waals surface area contributed by atoms with Crippen molar-refractivity contribution in [2.24, 2.45) is 11.8 Å². The van der Waals surface area contributed by atoms with Gasteiger partial charge in [-0.1, -0.05) is 44.6 Å². The molecule has 1 heteroatoms. The van der Waals surface area contributed by atoms with Gasteiger partial charge in [-0.2, -0.15) is 0 Å². The largest absolute Gasteiger partial charge is 0.392 e. The molecule has 0 aromatic rings. The lowest BCUT2D eigenvalue weighted by atomic mass is 9.94. The van der Waals surface area contributed by atoms with Crippen LogP contribution in [0.2, 0.25) is 0 Å². The second-order valence-electron chi connectivity index (χ2n) is 3.99. The molecule has 0 saturated carbocycles. The van der Waals surface area contributed by atoms with Gasteiger partial charge in [-0.05, 0) is 19.8 Å². The molecule has 0 aliphatic heterocycles. The summed E-state index contributed by atoms with van der Waals surface area (Å²) in [7, 11) is 0. The van der Waals surface area contributed by atoms with Gasteiger partial charge in [0.05, 0.1) is 6.10 Å². The van der Waals surface area contributed by atoms with Crippen LogP contribution in [0.4, 0.5) is 0 Å². The molecule has 1 N–H and O–H groups in total. The molecule has 0 amide bonds. The van der Waals surface area contributed by atoms with Crippen LogP contribution in [-0.2, 0) is 0 Å². The summed E-state index contributed by atoms with van der Waals surface area (Å²) in [5.41, 5.74) is 1.24. The quantitative estimate of drug-likeness (QED) is 0.662. The maximum absolute atomic E-state index is 9.71. The SMILES string of the molecule is CC=C(C)/C=C/[C@@H](C)[C@@H](O)C(C)C. The van der Waals surface area contributed by atoms with Crippen LogP contribution in [0.25, 0.3) is 0 Å². The van der Waals surface area contributed by atoms with E-state index in [1.54, 1.807) is 0 Å². The number of allylic oxidation sites excluding steroid dienone is 3. The van der Waals surface area contributed by atoms with Gasteiger partial charge in [0.15, 0.2) is 0 Å². The van der Waals surface area contributed by atoms with E-state index in [4.69, 9.17) is 0 Å². The van der Waals surface area contributed by atoms with Gasteiger partial charge in [-0.25, -0.2) is 0 Å². The van der Waals surface area contributed by atoms with Crippen molar-refractivity contribution in [1.29, 1.82) is 0 Å². The van der Waals surface area contributed by atoms with E-state index >= 15 is 0 Å². The Kier molecular flexibility index (Phi) is 5.72. The van der Waals surface area contributed by atoms with Crippen molar-refractivity contribution >= 4 is 0 Å². The average molecular weight is 182 g/mol. The van der Waals surface area contributed by atoms with E-state index in [1.807, 2.05) is 27.7 Å². The molecule has 0 fully saturated rings. The monoisotopic (exact) mass is 182 g/mol. The van der Waals surface area contributed by atoms with Gasteiger partial charge in [0, 0.05) is 5.92 Å². The van der Waals surface area contributed by atoms with Crippen LogP contribution in [0.3, 0.4) is 0 Å². The molecule has 13 heavy (non-hydrogen) atoms. The molecule has 0 aromatic carbocycles. The fraction of sp³-hybridized carbons (Fsp3) is 0.667. The molecule has 2 atom stereocenters. The second-order valence-corrected chi connectivity index (χ2v) is 3.99. The van der Waals surface area contributed by atoms with Crippen molar-refractivity contribution in [2.45, 2.75) is 40.7 Å². The van der Waals surface area contributed by atoms with Crippen LogP contribution in [0.5, 0.6) is 0 Å². The van der Waals surface area contributed by atoms with E-state index in [-0.39, 0.29) is 12.0 Å². The minimum atomic E-state index is -0.235. The molecule has 1 nitrogen and oxygen atoms in total. The van der Waals surface area contributed by atoms with E-state index < -0.39 is 0 Å². The zero-order chi connectivity index (χ0) is 10.4. The molecule has 76 valence electrons. The van der Waals surface area contributed by atoms with Gasteiger partial charge in [0.2, 0.25) is 0 Å². The summed E-state index contributed by atoms with van der Waals surface area (Å²) in [6.45, 7) is 10.2. The van der Waals surface area contributed by atoms with Crippen LogP contribution in [0, 0.1) is 11.8 Å². The van der Waals surface area contributed by atoms with E-state index in [1.165, 1.54) is 5.57 Å². The summed E-state index contributed by atoms with van der Waals surface area (Å²) >= 11 is 0. The van der Waals surface area contributed by atoms with Crippen molar-refractivity contribution in [3.8, 4) is 0 Å². The van der Waals surface area contributed by atoms with Crippen LogP contribution in [0.15, 0.2) is 23.8 Å². The maximum Gasteiger partial charge on any atom is 0.0623 e. The van der Waals surface area contributed by atoms with Crippen LogP contribution < -0.4 is 0 Å². The van der Waals surface area contributed by atoms with Gasteiger partial charge in [0.25, 0.3) is 0 Å². The number of hydrogen-bond donors (Lipinski definition) is 1. The molecule has 0 heterocycles. The van der Waals surface area contributed by atoms with Crippen molar-refractivity contribution in [1.82, 2.24) is 0 Å². The summed E-state index contributed by atoms with van der Waals surface area (Å²) < 4.78 is 0. The predicted molar refractivity (Wildman–Crippen MR) is 58.6 cm³/mol. The third-order valence-electron chi connectivity index (χ3n) is 2.34. The summed E-state index contributed by atoms with van der Waals surface area (Å²) in [5.74, 6) is 0.556. The van der Waals surface area contributed by atoms with Crippen molar-refractivity contribution in [3.63, 3.8) is 0 Å². The average Bonchev–Trinajstić information content (AvgIpc) is 2.11. The van der Waals surface area contributed by atoms with E-state index in [0.717, 1.165) is 0 Å². The minimum absolute atomic E-state index is 0.231. The highest BCUT2D eigenvalue weighted by Gasteiger charge is 2.14. The molecule has 0 bridgehead atoms. The van der Waals surface area contributed by atoms with E-state index in [9.17, 15) is 5.11 Å². The highest BCUT2D eigenvalue weighted by Crippen LogP contribution is 2.14. The maximum atomic E-state index is 9.71. The Morgan fingerprint density at radius 3 is 2.15 bits per heavy atom. The van der Waals surface area contributed by atoms with Gasteiger partial charge in [0.1, 0.15) is 0 Å². The standard InChI is InChI=1S/C12H22O/c1-6-10(4)7-8-11(5)12(13)9(2)3/h6-9,11-13H,1-5H3/b8-7+,10-6?/t11-,12+/m1/s1. The Hall–Kier alpha value is -0.560. The molecule has 0 spiro atoms. The zero-order valence-electron chi connectivity index (χ0n) is 9.41. The number of aliphatic hydroxyl groups is 1. The molecular formula is C12H22O. The minimum Gasteiger partial charge on any atom is -0.392 e. The van der Waals surface area contributed by atoms with Gasteiger partial charge >= 0.3 is 0 Å². The molecule has 0 aliphatic rings. The summed E-state index contributed by atoms with van der Waals surface area (Å²) in [4.78, 5) is 0. The van der Waals surface area contributed by atoms with Crippen LogP contribution in [0.1, 0.15) is 34.6 Å². The fourth-order valence-electron chi connectivity index (χ4n) is 1.12. The highest BCUT2D eigenvalue weighted by molar-refractivity contribution is 5.15. The molecule has 0 radical (unpaired) electrons. The third kappa shape index (κ3) is 4.89. The highest BCUT2D eigenvalue weighted by atomic mass is 16.3. The lowest BCUT2D eigenvalue weighted by molar-refractivity contribution is 0.0911. The van der Waals surface area contributed by atoms with Gasteiger partial charge < -0.3 is 5.11 Å². The Labute approximate surface area is 82.2 Å². The predicted octanol–water partition coefficient (Wildman–Crippen LogP) is 3.16. The summed E-state index contributed by atoms with van der Waals surface area (Å²) in [6, 6.07) is 0. The van der Waals surface area contributed by atoms with Crippen LogP contribution >= 0.6 is 0 Å². The first kappa shape index (κ1) is 12.4. The second kappa shape index (κ2) is 5.98. The molecule has 0 saturated heterocycles. The summed E-state index contributed by atoms with van der Waals surface area (Å²) in [6.07, 6.45) is 5.96. The first-order valence-corrected chi connectivity index (χ1v) is 4.98. The Morgan fingerprint density at radius 2 is 1.77 bits per heavy atom. The Bertz CT molecular complexity index is 189. The summed E-state index contributed by atoms with van der Waals surface area (Å²) in [5, 5.41) is 9.71. The molecule has 0 unspecified atom stereocenters. The normalized spacial score (nSPS) is 18.2. The van der Waals surface area contributed by atoms with Gasteiger partial charge in [-0.3, -0.25) is 0 Å². The van der Waals surface area contributed by atoms with Crippen molar-refractivity contribution < 1.29 is 5.11 Å². The van der Waals surface area contributed by atoms with E-state index in [2.05, 4.69) is 25.2 Å². The molecule has 0 aromatic heterocycles. The zero-order valence-corrected chi connectivity index (χ0v) is 9.41. The van der Waals surface area contributed by atoms with Gasteiger partial charge in [-0.15, -0.1) is 0 Å².